The first-order valence-electron chi connectivity index (χ1n) is 8.15. The fourth-order valence-corrected chi connectivity index (χ4v) is 2.89. The van der Waals surface area contributed by atoms with E-state index in [0.29, 0.717) is 18.5 Å². The molecule has 1 heterocycles. The van der Waals surface area contributed by atoms with Gasteiger partial charge in [0, 0.05) is 48.8 Å². The number of fused-ring (bicyclic) bond motifs is 1. The molecule has 0 aromatic heterocycles. The molecule has 2 aromatic rings. The summed E-state index contributed by atoms with van der Waals surface area (Å²) in [5.41, 5.74) is 0.800. The lowest BCUT2D eigenvalue weighted by Crippen LogP contribution is -2.47. The number of piperazine rings is 1. The van der Waals surface area contributed by atoms with Crippen molar-refractivity contribution in [3.05, 3.63) is 48.2 Å². The molecule has 0 bridgehead atoms. The Morgan fingerprint density at radius 2 is 1.84 bits per heavy atom. The zero-order chi connectivity index (χ0) is 17.8. The lowest BCUT2D eigenvalue weighted by atomic mass is 10.1. The number of nitriles is 1. The van der Waals surface area contributed by atoms with Crippen LogP contribution < -0.4 is 5.32 Å². The maximum Gasteiger partial charge on any atom is 0.266 e. The number of aromatic hydroxyl groups is 1. The largest absolute Gasteiger partial charge is 0.507 e. The SMILES string of the molecule is CN1CCN(C(=O)/C(C#N)=C\Nc2cccc3c(O)cccc23)CC1. The summed E-state index contributed by atoms with van der Waals surface area (Å²) < 4.78 is 0. The minimum atomic E-state index is -0.258. The second-order valence-electron chi connectivity index (χ2n) is 6.09. The molecule has 6 nitrogen and oxygen atoms in total. The monoisotopic (exact) mass is 336 g/mol. The Labute approximate surface area is 146 Å². The number of phenols is 1. The van der Waals surface area contributed by atoms with Crippen LogP contribution in [0.3, 0.4) is 0 Å². The molecule has 1 fully saturated rings. The summed E-state index contributed by atoms with van der Waals surface area (Å²) in [4.78, 5) is 16.4. The fraction of sp³-hybridized carbons (Fsp3) is 0.263. The van der Waals surface area contributed by atoms with Crippen molar-refractivity contribution in [2.75, 3.05) is 38.5 Å². The van der Waals surface area contributed by atoms with Crippen molar-refractivity contribution in [3.63, 3.8) is 0 Å². The molecule has 0 saturated carbocycles. The molecule has 3 rings (SSSR count). The third-order valence-corrected chi connectivity index (χ3v) is 4.41. The van der Waals surface area contributed by atoms with Crippen LogP contribution in [0.5, 0.6) is 5.75 Å². The number of rotatable bonds is 3. The van der Waals surface area contributed by atoms with Gasteiger partial charge in [-0.05, 0) is 19.2 Å². The normalized spacial score (nSPS) is 15.8. The van der Waals surface area contributed by atoms with E-state index in [1.54, 1.807) is 17.0 Å². The quantitative estimate of drug-likeness (QED) is 0.663. The first kappa shape index (κ1) is 16.8. The second kappa shape index (κ2) is 7.24. The van der Waals surface area contributed by atoms with Gasteiger partial charge in [0.05, 0.1) is 0 Å². The summed E-state index contributed by atoms with van der Waals surface area (Å²) >= 11 is 0. The van der Waals surface area contributed by atoms with Gasteiger partial charge >= 0.3 is 0 Å². The number of phenolic OH excluding ortho intramolecular Hbond substituents is 1. The number of nitrogens with zero attached hydrogens (tertiary/aromatic N) is 3. The molecule has 0 unspecified atom stereocenters. The highest BCUT2D eigenvalue weighted by atomic mass is 16.3. The van der Waals surface area contributed by atoms with E-state index in [9.17, 15) is 15.2 Å². The van der Waals surface area contributed by atoms with Crippen LogP contribution >= 0.6 is 0 Å². The van der Waals surface area contributed by atoms with Gasteiger partial charge in [-0.25, -0.2) is 0 Å². The number of carbonyl (C=O) groups is 1. The van der Waals surface area contributed by atoms with Crippen LogP contribution in [0, 0.1) is 11.3 Å². The van der Waals surface area contributed by atoms with Gasteiger partial charge in [-0.2, -0.15) is 5.26 Å². The lowest BCUT2D eigenvalue weighted by Gasteiger charge is -2.32. The molecule has 2 aromatic carbocycles. The van der Waals surface area contributed by atoms with Crippen molar-refractivity contribution in [1.82, 2.24) is 9.80 Å². The predicted octanol–water partition coefficient (Wildman–Crippen LogP) is 2.14. The number of benzene rings is 2. The number of likely N-dealkylation sites (N-methyl/N-ethyl adjacent to an activating group) is 1. The van der Waals surface area contributed by atoms with E-state index >= 15 is 0 Å². The van der Waals surface area contributed by atoms with E-state index in [4.69, 9.17) is 0 Å². The number of hydrogen-bond acceptors (Lipinski definition) is 5. The van der Waals surface area contributed by atoms with Crippen molar-refractivity contribution < 1.29 is 9.90 Å². The van der Waals surface area contributed by atoms with E-state index in [-0.39, 0.29) is 17.2 Å². The van der Waals surface area contributed by atoms with E-state index in [0.717, 1.165) is 24.2 Å². The van der Waals surface area contributed by atoms with Crippen LogP contribution in [0.15, 0.2) is 48.2 Å². The van der Waals surface area contributed by atoms with Crippen LogP contribution in [0.2, 0.25) is 0 Å². The number of carbonyl (C=O) groups excluding carboxylic acids is 1. The summed E-state index contributed by atoms with van der Waals surface area (Å²) in [5, 5.41) is 23.9. The standard InChI is InChI=1S/C19H20N4O2/c1-22-8-10-23(11-9-22)19(25)14(12-20)13-21-17-6-2-5-16-15(17)4-3-7-18(16)24/h2-7,13,21,24H,8-11H2,1H3/b14-13-. The summed E-state index contributed by atoms with van der Waals surface area (Å²) in [5.74, 6) is -0.0645. The van der Waals surface area contributed by atoms with Crippen molar-refractivity contribution in [3.8, 4) is 11.8 Å². The minimum Gasteiger partial charge on any atom is -0.507 e. The topological polar surface area (TPSA) is 79.6 Å². The van der Waals surface area contributed by atoms with Gasteiger partial charge in [0.15, 0.2) is 0 Å². The third-order valence-electron chi connectivity index (χ3n) is 4.41. The molecule has 1 saturated heterocycles. The average molecular weight is 336 g/mol. The van der Waals surface area contributed by atoms with Gasteiger partial charge in [-0.3, -0.25) is 4.79 Å². The van der Waals surface area contributed by atoms with Crippen molar-refractivity contribution in [1.29, 1.82) is 5.26 Å². The van der Waals surface area contributed by atoms with Crippen molar-refractivity contribution in [2.24, 2.45) is 0 Å². The highest BCUT2D eigenvalue weighted by Gasteiger charge is 2.22. The molecular weight excluding hydrogens is 316 g/mol. The van der Waals surface area contributed by atoms with E-state index < -0.39 is 0 Å². The molecule has 0 aliphatic carbocycles. The first-order valence-corrected chi connectivity index (χ1v) is 8.15. The molecule has 0 atom stereocenters. The molecule has 1 aliphatic heterocycles. The van der Waals surface area contributed by atoms with Crippen LogP contribution in [0.1, 0.15) is 0 Å². The molecule has 0 spiro atoms. The fourth-order valence-electron chi connectivity index (χ4n) is 2.89. The zero-order valence-electron chi connectivity index (χ0n) is 14.1. The summed E-state index contributed by atoms with van der Waals surface area (Å²) in [6.07, 6.45) is 1.44. The summed E-state index contributed by atoms with van der Waals surface area (Å²) in [6, 6.07) is 12.7. The number of hydrogen-bond donors (Lipinski definition) is 2. The highest BCUT2D eigenvalue weighted by Crippen LogP contribution is 2.29. The summed E-state index contributed by atoms with van der Waals surface area (Å²) in [7, 11) is 2.01. The number of amides is 1. The lowest BCUT2D eigenvalue weighted by molar-refractivity contribution is -0.128. The molecular formula is C19H20N4O2. The van der Waals surface area contributed by atoms with Crippen molar-refractivity contribution >= 4 is 22.4 Å². The Bertz CT molecular complexity index is 861. The molecule has 2 N–H and O–H groups in total. The van der Waals surface area contributed by atoms with Crippen molar-refractivity contribution in [2.45, 2.75) is 0 Å². The Morgan fingerprint density at radius 1 is 1.16 bits per heavy atom. The summed E-state index contributed by atoms with van der Waals surface area (Å²) in [6.45, 7) is 2.86. The Balaban J connectivity index is 1.81. The Hall–Kier alpha value is -3.04. The van der Waals surface area contributed by atoms with E-state index in [1.165, 1.54) is 6.20 Å². The second-order valence-corrected chi connectivity index (χ2v) is 6.09. The molecule has 1 aliphatic rings. The van der Waals surface area contributed by atoms with Crippen LogP contribution in [-0.4, -0.2) is 54.0 Å². The Morgan fingerprint density at radius 3 is 2.56 bits per heavy atom. The maximum absolute atomic E-state index is 12.5. The first-order chi connectivity index (χ1) is 12.1. The average Bonchev–Trinajstić information content (AvgIpc) is 2.63. The molecule has 6 heteroatoms. The van der Waals surface area contributed by atoms with Crippen LogP contribution in [0.25, 0.3) is 10.8 Å². The Kier molecular flexibility index (Phi) is 4.87. The van der Waals surface area contributed by atoms with Gasteiger partial charge in [0.2, 0.25) is 0 Å². The number of nitrogens with one attached hydrogen (secondary N) is 1. The third kappa shape index (κ3) is 3.57. The minimum absolute atomic E-state index is 0.0710. The van der Waals surface area contributed by atoms with Gasteiger partial charge in [0.25, 0.3) is 5.91 Å². The molecule has 128 valence electrons. The van der Waals surface area contributed by atoms with Crippen LogP contribution in [0.4, 0.5) is 5.69 Å². The zero-order valence-corrected chi connectivity index (χ0v) is 14.1. The smallest absolute Gasteiger partial charge is 0.266 e. The van der Waals surface area contributed by atoms with Crippen LogP contribution in [-0.2, 0) is 4.79 Å². The highest BCUT2D eigenvalue weighted by molar-refractivity contribution is 6.00. The molecule has 25 heavy (non-hydrogen) atoms. The van der Waals surface area contributed by atoms with Gasteiger partial charge in [0.1, 0.15) is 17.4 Å². The molecule has 1 amide bonds. The van der Waals surface area contributed by atoms with Gasteiger partial charge in [-0.1, -0.05) is 24.3 Å². The number of anilines is 1. The molecule has 0 radical (unpaired) electrons. The van der Waals surface area contributed by atoms with Gasteiger partial charge in [-0.15, -0.1) is 0 Å². The van der Waals surface area contributed by atoms with Gasteiger partial charge < -0.3 is 20.2 Å². The van der Waals surface area contributed by atoms with E-state index in [1.807, 2.05) is 37.4 Å². The van der Waals surface area contributed by atoms with E-state index in [2.05, 4.69) is 10.2 Å². The maximum atomic E-state index is 12.5. The predicted molar refractivity (Wildman–Crippen MR) is 97.0 cm³/mol.